The molecule has 27 heavy (non-hydrogen) atoms. The molecule has 1 heterocycles. The molecular weight excluding hydrogens is 403 g/mol. The van der Waals surface area contributed by atoms with Gasteiger partial charge in [-0.2, -0.15) is 0 Å². The van der Waals surface area contributed by atoms with Crippen LogP contribution < -0.4 is 4.46 Å². The van der Waals surface area contributed by atoms with Crippen LogP contribution in [0.2, 0.25) is 4.82 Å². The molecule has 0 aliphatic carbocycles. The monoisotopic (exact) mass is 434 g/mol. The van der Waals surface area contributed by atoms with Gasteiger partial charge in [-0.25, -0.2) is 0 Å². The number of rotatable bonds is 8. The molecule has 1 saturated heterocycles. The van der Waals surface area contributed by atoms with Crippen LogP contribution in [0.15, 0.2) is 60.7 Å². The van der Waals surface area contributed by atoms with Crippen molar-refractivity contribution in [3.63, 3.8) is 0 Å². The minimum absolute atomic E-state index is 0.0966. The molecular formula is C23H30O3Se. The van der Waals surface area contributed by atoms with Gasteiger partial charge in [0, 0.05) is 0 Å². The normalized spacial score (nSPS) is 25.1. The summed E-state index contributed by atoms with van der Waals surface area (Å²) in [6.45, 7) is 5.67. The first-order valence-corrected chi connectivity index (χ1v) is 11.6. The van der Waals surface area contributed by atoms with Crippen LogP contribution in [0.25, 0.3) is 0 Å². The van der Waals surface area contributed by atoms with Crippen molar-refractivity contribution >= 4 is 19.4 Å². The summed E-state index contributed by atoms with van der Waals surface area (Å²) in [5.41, 5.74) is 1.20. The molecule has 5 atom stereocenters. The number of aliphatic hydroxyl groups excluding tert-OH is 1. The SMILES string of the molecule is C[C@H]1C[C@@H](O)C[C@H]([C@H]([Se]c2ccccc2)[C@@H](C)COCc2ccccc2)O1. The first-order chi connectivity index (χ1) is 13.1. The van der Waals surface area contributed by atoms with Gasteiger partial charge in [-0.3, -0.25) is 0 Å². The fraction of sp³-hybridized carbons (Fsp3) is 0.478. The van der Waals surface area contributed by atoms with E-state index in [1.165, 1.54) is 10.0 Å². The van der Waals surface area contributed by atoms with Crippen LogP contribution in [0.4, 0.5) is 0 Å². The van der Waals surface area contributed by atoms with Crippen LogP contribution in [0.1, 0.15) is 32.3 Å². The molecule has 146 valence electrons. The molecule has 0 aromatic heterocycles. The topological polar surface area (TPSA) is 38.7 Å². The fourth-order valence-corrected chi connectivity index (χ4v) is 6.27. The second-order valence-corrected chi connectivity index (χ2v) is 10.1. The molecule has 0 spiro atoms. The zero-order valence-electron chi connectivity index (χ0n) is 16.2. The van der Waals surface area contributed by atoms with E-state index in [0.717, 1.165) is 12.8 Å². The van der Waals surface area contributed by atoms with Crippen molar-refractivity contribution < 1.29 is 14.6 Å². The Morgan fingerprint density at radius 3 is 2.41 bits per heavy atom. The van der Waals surface area contributed by atoms with Crippen molar-refractivity contribution in [3.8, 4) is 0 Å². The Balaban J connectivity index is 1.64. The van der Waals surface area contributed by atoms with Gasteiger partial charge in [-0.15, -0.1) is 0 Å². The first kappa shape index (κ1) is 20.6. The molecule has 1 aliphatic rings. The Morgan fingerprint density at radius 1 is 1.07 bits per heavy atom. The molecule has 1 fully saturated rings. The van der Waals surface area contributed by atoms with E-state index in [1.807, 2.05) is 18.2 Å². The molecule has 0 unspecified atom stereocenters. The van der Waals surface area contributed by atoms with Gasteiger partial charge in [-0.1, -0.05) is 0 Å². The Labute approximate surface area is 169 Å². The summed E-state index contributed by atoms with van der Waals surface area (Å²) in [4.78, 5) is 0.382. The zero-order chi connectivity index (χ0) is 19.1. The summed E-state index contributed by atoms with van der Waals surface area (Å²) in [6, 6.07) is 21.0. The number of hydrogen-bond acceptors (Lipinski definition) is 3. The Morgan fingerprint density at radius 2 is 1.74 bits per heavy atom. The molecule has 1 N–H and O–H groups in total. The third-order valence-electron chi connectivity index (χ3n) is 4.95. The minimum atomic E-state index is -0.259. The molecule has 0 radical (unpaired) electrons. The third kappa shape index (κ3) is 6.44. The van der Waals surface area contributed by atoms with Crippen LogP contribution in [-0.2, 0) is 16.1 Å². The first-order valence-electron chi connectivity index (χ1n) is 9.78. The fourth-order valence-electron chi connectivity index (χ4n) is 3.62. The summed E-state index contributed by atoms with van der Waals surface area (Å²) in [5, 5.41) is 10.3. The van der Waals surface area contributed by atoms with Crippen LogP contribution in [0.3, 0.4) is 0 Å². The van der Waals surface area contributed by atoms with Crippen molar-refractivity contribution in [1.29, 1.82) is 0 Å². The van der Waals surface area contributed by atoms with Gasteiger partial charge in [-0.05, 0) is 0 Å². The van der Waals surface area contributed by atoms with E-state index >= 15 is 0 Å². The number of aliphatic hydroxyl groups is 1. The molecule has 0 saturated carbocycles. The van der Waals surface area contributed by atoms with Gasteiger partial charge in [0.15, 0.2) is 0 Å². The number of benzene rings is 2. The van der Waals surface area contributed by atoms with Gasteiger partial charge in [0.2, 0.25) is 0 Å². The van der Waals surface area contributed by atoms with Crippen molar-refractivity contribution in [1.82, 2.24) is 0 Å². The summed E-state index contributed by atoms with van der Waals surface area (Å²) in [6.07, 6.45) is 1.42. The maximum absolute atomic E-state index is 10.3. The summed E-state index contributed by atoms with van der Waals surface area (Å²) in [5.74, 6) is 0.372. The second-order valence-electron chi connectivity index (χ2n) is 7.48. The molecule has 2 aromatic rings. The Bertz CT molecular complexity index is 654. The molecule has 3 rings (SSSR count). The Hall–Kier alpha value is -1.16. The van der Waals surface area contributed by atoms with E-state index in [-0.39, 0.29) is 33.3 Å². The van der Waals surface area contributed by atoms with Crippen molar-refractivity contribution in [3.05, 3.63) is 66.2 Å². The van der Waals surface area contributed by atoms with E-state index in [1.54, 1.807) is 0 Å². The summed E-state index contributed by atoms with van der Waals surface area (Å²) < 4.78 is 13.7. The molecule has 0 amide bonds. The predicted molar refractivity (Wildman–Crippen MR) is 110 cm³/mol. The molecule has 4 heteroatoms. The van der Waals surface area contributed by atoms with E-state index in [2.05, 4.69) is 56.3 Å². The van der Waals surface area contributed by atoms with Gasteiger partial charge in [0.05, 0.1) is 0 Å². The van der Waals surface area contributed by atoms with Crippen LogP contribution in [-0.4, -0.2) is 45.0 Å². The standard InChI is InChI=1S/C23H30O3Se/c1-17(15-25-16-19-9-5-3-6-10-19)23(27-21-11-7-4-8-12-21)22-14-20(24)13-18(2)26-22/h3-12,17-18,20,22-24H,13-16H2,1-2H3/t17-,18-,20+,22+,23+/m0/s1. The molecule has 1 aliphatic heterocycles. The van der Waals surface area contributed by atoms with Gasteiger partial charge in [0.1, 0.15) is 0 Å². The Kier molecular flexibility index (Phi) is 7.92. The number of hydrogen-bond donors (Lipinski definition) is 1. The van der Waals surface area contributed by atoms with Crippen LogP contribution >= 0.6 is 0 Å². The van der Waals surface area contributed by atoms with Gasteiger partial charge < -0.3 is 0 Å². The van der Waals surface area contributed by atoms with Crippen molar-refractivity contribution in [2.45, 2.75) is 56.4 Å². The van der Waals surface area contributed by atoms with Gasteiger partial charge >= 0.3 is 169 Å². The average molecular weight is 433 g/mol. The average Bonchev–Trinajstić information content (AvgIpc) is 2.67. The summed E-state index contributed by atoms with van der Waals surface area (Å²) in [7, 11) is 0. The zero-order valence-corrected chi connectivity index (χ0v) is 17.9. The quantitative estimate of drug-likeness (QED) is 0.647. The van der Waals surface area contributed by atoms with Crippen molar-refractivity contribution in [2.24, 2.45) is 5.92 Å². The van der Waals surface area contributed by atoms with E-state index in [4.69, 9.17) is 9.47 Å². The van der Waals surface area contributed by atoms with E-state index in [9.17, 15) is 5.11 Å². The van der Waals surface area contributed by atoms with Crippen molar-refractivity contribution in [2.75, 3.05) is 6.61 Å². The number of ether oxygens (including phenoxy) is 2. The van der Waals surface area contributed by atoms with Gasteiger partial charge in [0.25, 0.3) is 0 Å². The van der Waals surface area contributed by atoms with E-state index in [0.29, 0.717) is 23.9 Å². The molecule has 2 aromatic carbocycles. The van der Waals surface area contributed by atoms with Crippen LogP contribution in [0, 0.1) is 5.92 Å². The maximum atomic E-state index is 10.3. The molecule has 3 nitrogen and oxygen atoms in total. The van der Waals surface area contributed by atoms with Crippen LogP contribution in [0.5, 0.6) is 0 Å². The second kappa shape index (κ2) is 10.4. The molecule has 0 bridgehead atoms. The third-order valence-corrected chi connectivity index (χ3v) is 8.28. The summed E-state index contributed by atoms with van der Waals surface area (Å²) >= 11 is 0.276. The predicted octanol–water partition coefficient (Wildman–Crippen LogP) is 3.59. The van der Waals surface area contributed by atoms with E-state index < -0.39 is 0 Å².